The van der Waals surface area contributed by atoms with Gasteiger partial charge in [0.1, 0.15) is 98.2 Å². The summed E-state index contributed by atoms with van der Waals surface area (Å²) in [5.41, 5.74) is -0.989. The molecular formula is C55H88O24. The maximum atomic E-state index is 15.2. The number of carbonyl (C=O) groups excluding carboxylic acids is 2. The first-order chi connectivity index (χ1) is 37.0. The lowest BCUT2D eigenvalue weighted by molar-refractivity contribution is -0.380. The van der Waals surface area contributed by atoms with Crippen LogP contribution in [0.5, 0.6) is 0 Å². The van der Waals surface area contributed by atoms with Crippen molar-refractivity contribution in [1.29, 1.82) is 0 Å². The highest BCUT2D eigenvalue weighted by atomic mass is 16.8. The zero-order valence-electron chi connectivity index (χ0n) is 46.2. The minimum atomic E-state index is -1.99. The summed E-state index contributed by atoms with van der Waals surface area (Å²) in [6, 6.07) is 0. The second-order valence-corrected chi connectivity index (χ2v) is 26.1. The Bertz CT molecular complexity index is 2190. The molecule has 13 N–H and O–H groups in total. The largest absolute Gasteiger partial charge is 0.463 e. The monoisotopic (exact) mass is 1130 g/mol. The summed E-state index contributed by atoms with van der Waals surface area (Å²) in [7, 11) is 0. The molecule has 0 unspecified atom stereocenters. The zero-order chi connectivity index (χ0) is 57.8. The van der Waals surface area contributed by atoms with Gasteiger partial charge in [0.25, 0.3) is 0 Å². The summed E-state index contributed by atoms with van der Waals surface area (Å²) in [4.78, 5) is 26.7. The van der Waals surface area contributed by atoms with E-state index in [4.69, 9.17) is 42.6 Å². The molecule has 0 bridgehead atoms. The molecule has 9 aliphatic rings. The summed E-state index contributed by atoms with van der Waals surface area (Å²) in [6.45, 7) is 17.5. The second kappa shape index (κ2) is 22.7. The van der Waals surface area contributed by atoms with Gasteiger partial charge in [-0.15, -0.1) is 0 Å². The lowest BCUT2D eigenvalue weighted by Crippen LogP contribution is -2.68. The molecule has 4 saturated heterocycles. The summed E-state index contributed by atoms with van der Waals surface area (Å²) < 4.78 is 51.8. The van der Waals surface area contributed by atoms with E-state index < -0.39 is 159 Å². The number of allylic oxidation sites excluding steroid dienone is 1. The number of hydrogen-bond donors (Lipinski definition) is 13. The van der Waals surface area contributed by atoms with Crippen LogP contribution in [0.2, 0.25) is 0 Å². The molecule has 0 aromatic carbocycles. The van der Waals surface area contributed by atoms with Crippen LogP contribution in [-0.2, 0) is 52.2 Å². The van der Waals surface area contributed by atoms with Crippen LogP contribution < -0.4 is 0 Å². The average molecular weight is 1130 g/mol. The Balaban J connectivity index is 0.874. The van der Waals surface area contributed by atoms with Gasteiger partial charge in [-0.2, -0.15) is 0 Å². The van der Waals surface area contributed by atoms with Gasteiger partial charge in [0, 0.05) is 6.92 Å². The summed E-state index contributed by atoms with van der Waals surface area (Å²) in [6.07, 6.45) is -27.1. The summed E-state index contributed by atoms with van der Waals surface area (Å²) in [5, 5.41) is 139. The number of carbonyl (C=O) groups is 2. The Morgan fingerprint density at radius 2 is 1.13 bits per heavy atom. The van der Waals surface area contributed by atoms with Crippen molar-refractivity contribution in [2.24, 2.45) is 56.7 Å². The fourth-order valence-electron chi connectivity index (χ4n) is 17.3. The Morgan fingerprint density at radius 1 is 0.544 bits per heavy atom. The highest BCUT2D eigenvalue weighted by Crippen LogP contribution is 2.78. The quantitative estimate of drug-likeness (QED) is 0.0558. The molecule has 0 aromatic rings. The number of hydrogen-bond acceptors (Lipinski definition) is 24. The van der Waals surface area contributed by atoms with Crippen molar-refractivity contribution in [2.45, 2.75) is 242 Å². The van der Waals surface area contributed by atoms with Gasteiger partial charge in [-0.05, 0) is 122 Å². The first kappa shape index (κ1) is 61.4. The van der Waals surface area contributed by atoms with Gasteiger partial charge < -0.3 is 109 Å². The number of aliphatic hydroxyl groups is 13. The topological polar surface area (TPSA) is 380 Å². The minimum absolute atomic E-state index is 0.0245. The molecule has 4 aliphatic heterocycles. The average Bonchev–Trinajstić information content (AvgIpc) is 2.99. The number of aliphatic hydroxyl groups excluding tert-OH is 13. The van der Waals surface area contributed by atoms with E-state index >= 15 is 4.79 Å². The van der Waals surface area contributed by atoms with Crippen LogP contribution in [0.1, 0.15) is 113 Å². The number of rotatable bonds is 13. The molecule has 79 heavy (non-hydrogen) atoms. The summed E-state index contributed by atoms with van der Waals surface area (Å²) in [5.74, 6) is -0.827. The van der Waals surface area contributed by atoms with Gasteiger partial charge >= 0.3 is 11.9 Å². The fourth-order valence-corrected chi connectivity index (χ4v) is 17.3. The van der Waals surface area contributed by atoms with Crippen LogP contribution in [0.25, 0.3) is 0 Å². The zero-order valence-corrected chi connectivity index (χ0v) is 46.2. The SMILES string of the molecule is C=C(C)[C@@H]1CC[C@]2(C(=O)O[C@@H]3O[C@H](CO[C@@H]4O[C@H](CO)[C@@H](O[C@@H]5O[C@@H](O)[C@H](O)[C@@H](O)[C@H]5O)[C@H](O)[C@H]4O)[C@@H](O)[C@H](O)[C@H]3O)CC[C@]3(C)[C@H](CC[C@@H]4[C@@]5(C)CC[C@H](O[C@@H]6O[C@H](COC(C)=O)[C@@H](O)[C@H](O)[C@H]6O)C(C)(C)[C@@H]5CC[C@]43C)[C@@H]12. The van der Waals surface area contributed by atoms with Crippen molar-refractivity contribution in [1.82, 2.24) is 0 Å². The second-order valence-electron chi connectivity index (χ2n) is 26.1. The molecule has 0 amide bonds. The van der Waals surface area contributed by atoms with E-state index in [0.29, 0.717) is 38.0 Å². The lowest BCUT2D eigenvalue weighted by atomic mass is 9.32. The van der Waals surface area contributed by atoms with Crippen LogP contribution in [0.4, 0.5) is 0 Å². The molecule has 0 spiro atoms. The molecule has 24 nitrogen and oxygen atoms in total. The fraction of sp³-hybridized carbons (Fsp3) is 0.927. The van der Waals surface area contributed by atoms with Crippen molar-refractivity contribution in [3.05, 3.63) is 12.2 Å². The molecule has 9 fully saturated rings. The van der Waals surface area contributed by atoms with E-state index in [-0.39, 0.29) is 52.6 Å². The Kier molecular flexibility index (Phi) is 17.7. The van der Waals surface area contributed by atoms with Crippen molar-refractivity contribution >= 4 is 11.9 Å². The maximum Gasteiger partial charge on any atom is 0.314 e. The van der Waals surface area contributed by atoms with Crippen LogP contribution >= 0.6 is 0 Å². The Morgan fingerprint density at radius 3 is 1.76 bits per heavy atom. The highest BCUT2D eigenvalue weighted by molar-refractivity contribution is 5.78. The molecule has 452 valence electrons. The maximum absolute atomic E-state index is 15.2. The van der Waals surface area contributed by atoms with E-state index in [1.165, 1.54) is 6.92 Å². The van der Waals surface area contributed by atoms with Gasteiger partial charge in [0.2, 0.25) is 6.29 Å². The van der Waals surface area contributed by atoms with Crippen LogP contribution in [-0.4, -0.2) is 227 Å². The Labute approximate surface area is 459 Å². The predicted molar refractivity (Wildman–Crippen MR) is 267 cm³/mol. The van der Waals surface area contributed by atoms with Gasteiger partial charge in [-0.25, -0.2) is 0 Å². The van der Waals surface area contributed by atoms with Gasteiger partial charge in [0.05, 0.1) is 24.7 Å². The molecule has 4 heterocycles. The summed E-state index contributed by atoms with van der Waals surface area (Å²) >= 11 is 0. The van der Waals surface area contributed by atoms with E-state index in [2.05, 4.69) is 41.2 Å². The minimum Gasteiger partial charge on any atom is -0.463 e. The number of esters is 2. The lowest BCUT2D eigenvalue weighted by Gasteiger charge is -2.73. The number of ether oxygens (including phenoxy) is 9. The van der Waals surface area contributed by atoms with Crippen LogP contribution in [0.15, 0.2) is 12.2 Å². The molecule has 30 atom stereocenters. The molecule has 5 saturated carbocycles. The highest BCUT2D eigenvalue weighted by Gasteiger charge is 2.73. The molecule has 0 aromatic heterocycles. The van der Waals surface area contributed by atoms with E-state index in [9.17, 15) is 71.2 Å². The van der Waals surface area contributed by atoms with Crippen molar-refractivity contribution < 1.29 is 119 Å². The van der Waals surface area contributed by atoms with Crippen LogP contribution in [0, 0.1) is 56.7 Å². The van der Waals surface area contributed by atoms with E-state index in [1.54, 1.807) is 0 Å². The third-order valence-electron chi connectivity index (χ3n) is 21.8. The third kappa shape index (κ3) is 10.3. The molecule has 24 heteroatoms. The van der Waals surface area contributed by atoms with E-state index in [0.717, 1.165) is 37.7 Å². The third-order valence-corrected chi connectivity index (χ3v) is 21.8. The van der Waals surface area contributed by atoms with Crippen molar-refractivity contribution in [3.8, 4) is 0 Å². The molecule has 0 radical (unpaired) electrons. The first-order valence-corrected chi connectivity index (χ1v) is 28.3. The molecule has 9 rings (SSSR count). The standard InChI is InChI=1S/C55H88O24/c1-22(2)24-11-16-55(50(70)79-48-41(66)36(61)34(59)28(75-48)21-72-46-43(68)38(63)44(26(19-56)73-46)77-49-42(67)37(62)39(64)45(69)78-49)18-17-53(7)25(32(24)55)9-10-30-52(6)14-13-31(51(4,5)29(52)12-15-54(30,53)8)76-47-40(65)35(60)33(58)27(74-47)20-71-23(3)57/h24-49,56,58-69H,1,9-21H2,2-8H3/t24-,25+,26+,27+,28+,29-,30+,31-,32+,33+,34+,35-,36-,37+,38+,39+,40+,41+,42+,43+,44+,45+,46+,47-,48-,49+,52-,53+,54+,55-/m0/s1. The first-order valence-electron chi connectivity index (χ1n) is 28.3. The smallest absolute Gasteiger partial charge is 0.314 e. The van der Waals surface area contributed by atoms with Gasteiger partial charge in [-0.1, -0.05) is 46.8 Å². The van der Waals surface area contributed by atoms with Gasteiger partial charge in [0.15, 0.2) is 25.2 Å². The van der Waals surface area contributed by atoms with E-state index in [1.807, 2.05) is 6.92 Å². The predicted octanol–water partition coefficient (Wildman–Crippen LogP) is -1.65. The van der Waals surface area contributed by atoms with Crippen LogP contribution in [0.3, 0.4) is 0 Å². The molecular weight excluding hydrogens is 1040 g/mol. The van der Waals surface area contributed by atoms with Gasteiger partial charge in [-0.3, -0.25) is 9.59 Å². The van der Waals surface area contributed by atoms with Crippen molar-refractivity contribution in [2.75, 3.05) is 19.8 Å². The number of fused-ring (bicyclic) bond motifs is 7. The van der Waals surface area contributed by atoms with Crippen molar-refractivity contribution in [3.63, 3.8) is 0 Å². The Hall–Kier alpha value is -2.12. The normalized spacial score (nSPS) is 53.4. The molecule has 5 aliphatic carbocycles.